The summed E-state index contributed by atoms with van der Waals surface area (Å²) >= 11 is 0. The highest BCUT2D eigenvalue weighted by Crippen LogP contribution is 2.15. The molecule has 0 aliphatic rings. The second kappa shape index (κ2) is 5.53. The van der Waals surface area contributed by atoms with Crippen molar-refractivity contribution in [3.63, 3.8) is 0 Å². The average Bonchev–Trinajstić information content (AvgIpc) is 2.66. The predicted molar refractivity (Wildman–Crippen MR) is 54.0 cm³/mol. The van der Waals surface area contributed by atoms with Crippen LogP contribution in [0.3, 0.4) is 0 Å². The van der Waals surface area contributed by atoms with Crippen molar-refractivity contribution in [2.45, 2.75) is 13.0 Å². The van der Waals surface area contributed by atoms with Gasteiger partial charge < -0.3 is 19.6 Å². The topological polar surface area (TPSA) is 71.7 Å². The van der Waals surface area contributed by atoms with Crippen LogP contribution < -0.4 is 5.32 Å². The van der Waals surface area contributed by atoms with E-state index in [9.17, 15) is 4.79 Å². The molecule has 1 rings (SSSR count). The maximum absolute atomic E-state index is 10.6. The van der Waals surface area contributed by atoms with Crippen LogP contribution in [0.1, 0.15) is 29.3 Å². The molecule has 15 heavy (non-hydrogen) atoms. The molecule has 84 valence electrons. The van der Waals surface area contributed by atoms with Gasteiger partial charge in [0.05, 0.1) is 12.6 Å². The Morgan fingerprint density at radius 1 is 1.67 bits per heavy atom. The molecule has 5 heteroatoms. The maximum Gasteiger partial charge on any atom is 0.371 e. The number of aromatic carboxylic acids is 1. The van der Waals surface area contributed by atoms with Crippen molar-refractivity contribution < 1.29 is 19.1 Å². The van der Waals surface area contributed by atoms with E-state index in [0.29, 0.717) is 18.9 Å². The van der Waals surface area contributed by atoms with Gasteiger partial charge in [0.25, 0.3) is 0 Å². The molecule has 0 fully saturated rings. The summed E-state index contributed by atoms with van der Waals surface area (Å²) in [7, 11) is 1.63. The van der Waals surface area contributed by atoms with Crippen LogP contribution in [0.4, 0.5) is 0 Å². The van der Waals surface area contributed by atoms with E-state index in [-0.39, 0.29) is 11.8 Å². The largest absolute Gasteiger partial charge is 0.475 e. The van der Waals surface area contributed by atoms with E-state index in [1.807, 2.05) is 6.92 Å². The molecule has 0 bridgehead atoms. The first-order chi connectivity index (χ1) is 7.15. The molecule has 0 amide bonds. The lowest BCUT2D eigenvalue weighted by molar-refractivity contribution is 0.0659. The quantitative estimate of drug-likeness (QED) is 0.696. The Kier molecular flexibility index (Phi) is 4.33. The first-order valence-electron chi connectivity index (χ1n) is 4.70. The molecular formula is C10H15NO4. The lowest BCUT2D eigenvalue weighted by atomic mass is 10.2. The third-order valence-corrected chi connectivity index (χ3v) is 2.02. The molecule has 0 saturated carbocycles. The zero-order valence-electron chi connectivity index (χ0n) is 8.82. The molecule has 1 aromatic heterocycles. The van der Waals surface area contributed by atoms with Gasteiger partial charge in [0.1, 0.15) is 5.76 Å². The van der Waals surface area contributed by atoms with Crippen LogP contribution in [0.15, 0.2) is 16.5 Å². The summed E-state index contributed by atoms with van der Waals surface area (Å²) in [5, 5.41) is 11.8. The number of hydrogen-bond donors (Lipinski definition) is 2. The number of rotatable bonds is 6. The summed E-state index contributed by atoms with van der Waals surface area (Å²) in [4.78, 5) is 10.6. The standard InChI is InChI=1S/C10H15NO4/c1-7(11-5-6-14-2)8-3-4-9(15-8)10(12)13/h3-4,7,11H,5-6H2,1-2H3,(H,12,13). The van der Waals surface area contributed by atoms with Gasteiger partial charge in [-0.05, 0) is 19.1 Å². The van der Waals surface area contributed by atoms with Gasteiger partial charge in [0, 0.05) is 13.7 Å². The molecule has 5 nitrogen and oxygen atoms in total. The molecule has 0 aromatic carbocycles. The molecule has 1 atom stereocenters. The highest BCUT2D eigenvalue weighted by Gasteiger charge is 2.13. The summed E-state index contributed by atoms with van der Waals surface area (Å²) in [5.41, 5.74) is 0. The van der Waals surface area contributed by atoms with Gasteiger partial charge in [0.15, 0.2) is 0 Å². The fourth-order valence-corrected chi connectivity index (χ4v) is 1.18. The molecule has 1 heterocycles. The number of hydrogen-bond acceptors (Lipinski definition) is 4. The van der Waals surface area contributed by atoms with Gasteiger partial charge in [-0.15, -0.1) is 0 Å². The summed E-state index contributed by atoms with van der Waals surface area (Å²) in [6.45, 7) is 3.21. The summed E-state index contributed by atoms with van der Waals surface area (Å²) in [6.07, 6.45) is 0. The number of methoxy groups -OCH3 is 1. The third-order valence-electron chi connectivity index (χ3n) is 2.02. The van der Waals surface area contributed by atoms with Crippen LogP contribution in [0.5, 0.6) is 0 Å². The summed E-state index contributed by atoms with van der Waals surface area (Å²) in [5.74, 6) is -0.473. The zero-order chi connectivity index (χ0) is 11.3. The lowest BCUT2D eigenvalue weighted by Gasteiger charge is -2.10. The first kappa shape index (κ1) is 11.7. The Labute approximate surface area is 88.0 Å². The van der Waals surface area contributed by atoms with Crippen LogP contribution in [0.25, 0.3) is 0 Å². The minimum atomic E-state index is -1.05. The van der Waals surface area contributed by atoms with Gasteiger partial charge in [-0.1, -0.05) is 0 Å². The van der Waals surface area contributed by atoms with Crippen LogP contribution in [0.2, 0.25) is 0 Å². The molecule has 2 N–H and O–H groups in total. The normalized spacial score (nSPS) is 12.7. The molecular weight excluding hydrogens is 198 g/mol. The molecule has 0 spiro atoms. The van der Waals surface area contributed by atoms with Crippen molar-refractivity contribution in [3.8, 4) is 0 Å². The highest BCUT2D eigenvalue weighted by atomic mass is 16.5. The Morgan fingerprint density at radius 3 is 2.93 bits per heavy atom. The first-order valence-corrected chi connectivity index (χ1v) is 4.70. The van der Waals surface area contributed by atoms with E-state index in [4.69, 9.17) is 14.3 Å². The smallest absolute Gasteiger partial charge is 0.371 e. The van der Waals surface area contributed by atoms with Gasteiger partial charge in [-0.2, -0.15) is 0 Å². The fourth-order valence-electron chi connectivity index (χ4n) is 1.18. The van der Waals surface area contributed by atoms with E-state index in [2.05, 4.69) is 5.32 Å². The van der Waals surface area contributed by atoms with Crippen molar-refractivity contribution in [1.82, 2.24) is 5.32 Å². The summed E-state index contributed by atoms with van der Waals surface area (Å²) in [6, 6.07) is 3.09. The third kappa shape index (κ3) is 3.38. The van der Waals surface area contributed by atoms with Crippen LogP contribution in [0, 0.1) is 0 Å². The number of carboxylic acids is 1. The Hall–Kier alpha value is -1.33. The molecule has 0 aliphatic heterocycles. The van der Waals surface area contributed by atoms with Crippen molar-refractivity contribution in [2.24, 2.45) is 0 Å². The summed E-state index contributed by atoms with van der Waals surface area (Å²) < 4.78 is 10.0. The maximum atomic E-state index is 10.6. The van der Waals surface area contributed by atoms with Crippen LogP contribution in [-0.4, -0.2) is 31.3 Å². The van der Waals surface area contributed by atoms with Gasteiger partial charge in [0.2, 0.25) is 5.76 Å². The number of ether oxygens (including phenoxy) is 1. The molecule has 1 aromatic rings. The number of nitrogens with one attached hydrogen (secondary N) is 1. The lowest BCUT2D eigenvalue weighted by Crippen LogP contribution is -2.22. The Morgan fingerprint density at radius 2 is 2.40 bits per heavy atom. The van der Waals surface area contributed by atoms with E-state index in [1.54, 1.807) is 13.2 Å². The van der Waals surface area contributed by atoms with Crippen molar-refractivity contribution >= 4 is 5.97 Å². The van der Waals surface area contributed by atoms with E-state index >= 15 is 0 Å². The average molecular weight is 213 g/mol. The van der Waals surface area contributed by atoms with Crippen molar-refractivity contribution in [3.05, 3.63) is 23.7 Å². The van der Waals surface area contributed by atoms with E-state index in [0.717, 1.165) is 0 Å². The monoisotopic (exact) mass is 213 g/mol. The van der Waals surface area contributed by atoms with Gasteiger partial charge in [-0.25, -0.2) is 4.79 Å². The number of furan rings is 1. The minimum absolute atomic E-state index is 0.0201. The molecule has 1 unspecified atom stereocenters. The van der Waals surface area contributed by atoms with Crippen molar-refractivity contribution in [2.75, 3.05) is 20.3 Å². The van der Waals surface area contributed by atoms with E-state index in [1.165, 1.54) is 6.07 Å². The minimum Gasteiger partial charge on any atom is -0.475 e. The van der Waals surface area contributed by atoms with Gasteiger partial charge in [-0.3, -0.25) is 0 Å². The van der Waals surface area contributed by atoms with Gasteiger partial charge >= 0.3 is 5.97 Å². The van der Waals surface area contributed by atoms with Crippen LogP contribution >= 0.6 is 0 Å². The molecule has 0 saturated heterocycles. The fraction of sp³-hybridized carbons (Fsp3) is 0.500. The molecule has 0 aliphatic carbocycles. The second-order valence-corrected chi connectivity index (χ2v) is 3.18. The SMILES string of the molecule is COCCNC(C)c1ccc(C(=O)O)o1. The number of carboxylic acid groups (broad SMARTS) is 1. The second-order valence-electron chi connectivity index (χ2n) is 3.18. The predicted octanol–water partition coefficient (Wildman–Crippen LogP) is 1.27. The Balaban J connectivity index is 2.50. The highest BCUT2D eigenvalue weighted by molar-refractivity contribution is 5.84. The number of carbonyl (C=O) groups is 1. The zero-order valence-corrected chi connectivity index (χ0v) is 8.82. The van der Waals surface area contributed by atoms with Crippen LogP contribution in [-0.2, 0) is 4.74 Å². The molecule has 0 radical (unpaired) electrons. The Bertz CT molecular complexity index is 321. The van der Waals surface area contributed by atoms with E-state index < -0.39 is 5.97 Å². The van der Waals surface area contributed by atoms with Crippen molar-refractivity contribution in [1.29, 1.82) is 0 Å².